The molecule has 7 N–H and O–H groups in total. The molecule has 0 aliphatic rings. The molecule has 244 valence electrons. The Morgan fingerprint density at radius 2 is 1.59 bits per heavy atom. The maximum absolute atomic E-state index is 13.5. The highest BCUT2D eigenvalue weighted by atomic mass is 32.2. The van der Waals surface area contributed by atoms with E-state index < -0.39 is 61.8 Å². The molecule has 1 aromatic carbocycles. The van der Waals surface area contributed by atoms with Gasteiger partial charge in [0.1, 0.15) is 18.1 Å². The number of hydrogen-bond donors (Lipinski definition) is 6. The molecule has 0 aromatic heterocycles. The topological polar surface area (TPSA) is 244 Å². The van der Waals surface area contributed by atoms with Gasteiger partial charge in [-0.25, -0.2) is 8.42 Å². The van der Waals surface area contributed by atoms with Gasteiger partial charge >= 0.3 is 6.04 Å². The Hall–Kier alpha value is -3.99. The zero-order chi connectivity index (χ0) is 33.4. The van der Waals surface area contributed by atoms with Crippen molar-refractivity contribution in [1.29, 1.82) is 5.41 Å². The molecule has 0 bridgehead atoms. The van der Waals surface area contributed by atoms with E-state index in [0.717, 1.165) is 0 Å². The molecule has 0 heterocycles. The fraction of sp³-hybridized carbons (Fsp3) is 0.519. The van der Waals surface area contributed by atoms with Crippen LogP contribution in [0.15, 0.2) is 42.3 Å². The first-order valence-electron chi connectivity index (χ1n) is 13.7. The molecule has 3 amide bonds. The Bertz CT molecular complexity index is 1290. The molecule has 1 rings (SSSR count). The van der Waals surface area contributed by atoms with E-state index in [0.29, 0.717) is 11.2 Å². The summed E-state index contributed by atoms with van der Waals surface area (Å²) in [6, 6.07) is 1.77. The average molecular weight is 656 g/mol. The second-order valence-corrected chi connectivity index (χ2v) is 13.0. The summed E-state index contributed by atoms with van der Waals surface area (Å²) in [5.74, 6) is -2.82. The van der Waals surface area contributed by atoms with Crippen molar-refractivity contribution in [3.8, 4) is 0 Å². The third-order valence-electron chi connectivity index (χ3n) is 6.24. The average Bonchev–Trinajstić information content (AvgIpc) is 2.95. The number of hydrogen-bond acceptors (Lipinski definition) is 10. The van der Waals surface area contributed by atoms with Crippen LogP contribution >= 0.6 is 11.8 Å². The molecule has 0 saturated heterocycles. The largest absolute Gasteiger partial charge is 0.370 e. The summed E-state index contributed by atoms with van der Waals surface area (Å²) < 4.78 is 24.4. The Balaban J connectivity index is 3.28. The van der Waals surface area contributed by atoms with Gasteiger partial charge in [-0.3, -0.25) is 34.7 Å². The number of nitrogens with two attached hydrogens (primary N) is 1. The van der Waals surface area contributed by atoms with Gasteiger partial charge in [0.25, 0.3) is 11.0 Å². The molecule has 0 aliphatic heterocycles. The Morgan fingerprint density at radius 1 is 1.02 bits per heavy atom. The summed E-state index contributed by atoms with van der Waals surface area (Å²) >= 11 is 1.33. The van der Waals surface area contributed by atoms with Crippen LogP contribution in [0.5, 0.6) is 0 Å². The maximum Gasteiger partial charge on any atom is 0.314 e. The van der Waals surface area contributed by atoms with E-state index in [9.17, 15) is 37.7 Å². The Kier molecular flexibility index (Phi) is 16.1. The van der Waals surface area contributed by atoms with Crippen LogP contribution in [-0.2, 0) is 29.0 Å². The number of guanidine groups is 1. The van der Waals surface area contributed by atoms with Gasteiger partial charge in [-0.15, -0.1) is 0 Å². The predicted octanol–water partition coefficient (Wildman–Crippen LogP) is 0.606. The van der Waals surface area contributed by atoms with Gasteiger partial charge in [0.05, 0.1) is 0 Å². The Morgan fingerprint density at radius 3 is 2.11 bits per heavy atom. The van der Waals surface area contributed by atoms with E-state index in [1.54, 1.807) is 38.3 Å². The molecule has 44 heavy (non-hydrogen) atoms. The van der Waals surface area contributed by atoms with Crippen molar-refractivity contribution in [2.45, 2.75) is 63.7 Å². The van der Waals surface area contributed by atoms with E-state index in [-0.39, 0.29) is 49.7 Å². The lowest BCUT2D eigenvalue weighted by atomic mass is 10.0. The van der Waals surface area contributed by atoms with Crippen molar-refractivity contribution in [1.82, 2.24) is 21.3 Å². The molecule has 4 atom stereocenters. The minimum atomic E-state index is -4.37. The number of carbonyl (C=O) groups is 4. The fourth-order valence-electron chi connectivity index (χ4n) is 4.07. The molecule has 0 aliphatic carbocycles. The number of sulfone groups is 1. The molecule has 0 spiro atoms. The van der Waals surface area contributed by atoms with Gasteiger partial charge in [0.15, 0.2) is 5.96 Å². The smallest absolute Gasteiger partial charge is 0.314 e. The predicted molar refractivity (Wildman–Crippen MR) is 168 cm³/mol. The SMILES string of the molecule is C=CS(=O)(=O)C(=O)[C@H](CCSC)NC(=O)[C@H](CCCNC(=N)N)NC(=O)[C@H](CC(C)C)NC(=O)C(c1ccccc1)[N+](=O)[O-]. The third-order valence-corrected chi connectivity index (χ3v) is 8.17. The highest BCUT2D eigenvalue weighted by Crippen LogP contribution is 2.18. The van der Waals surface area contributed by atoms with Crippen LogP contribution in [0.25, 0.3) is 0 Å². The van der Waals surface area contributed by atoms with Gasteiger partial charge in [0.2, 0.25) is 21.7 Å². The number of rotatable bonds is 19. The lowest BCUT2D eigenvalue weighted by Gasteiger charge is -2.26. The zero-order valence-electron chi connectivity index (χ0n) is 24.9. The maximum atomic E-state index is 13.5. The first-order chi connectivity index (χ1) is 20.6. The standard InChI is InChI=1S/C27H41N7O8S2/c1-5-44(41,42)26(38)20(13-15-43-4)32-23(35)19(12-9-14-30-27(28)29)31-24(36)21(16-17(2)3)33-25(37)22(34(39)40)18-10-7-6-8-11-18/h5-8,10-11,17,19-22H,1,9,12-16H2,2-4H3,(H,31,36)(H,32,35)(H,33,37)(H4,28,29,30)/t19-,20-,21-,22?/m0/s1. The van der Waals surface area contributed by atoms with Crippen molar-refractivity contribution in [3.63, 3.8) is 0 Å². The Labute approximate surface area is 261 Å². The molecule has 0 radical (unpaired) electrons. The molecule has 0 fully saturated rings. The quantitative estimate of drug-likeness (QED) is 0.0396. The van der Waals surface area contributed by atoms with Crippen LogP contribution in [0.1, 0.15) is 51.1 Å². The lowest BCUT2D eigenvalue weighted by Crippen LogP contribution is -2.57. The van der Waals surface area contributed by atoms with Crippen LogP contribution in [0.3, 0.4) is 0 Å². The molecular weight excluding hydrogens is 614 g/mol. The van der Waals surface area contributed by atoms with Crippen LogP contribution < -0.4 is 27.0 Å². The summed E-state index contributed by atoms with van der Waals surface area (Å²) in [6.45, 7) is 6.85. The fourth-order valence-corrected chi connectivity index (χ4v) is 5.27. The van der Waals surface area contributed by atoms with Crippen molar-refractivity contribution < 1.29 is 32.5 Å². The van der Waals surface area contributed by atoms with Crippen molar-refractivity contribution in [3.05, 3.63) is 58.0 Å². The van der Waals surface area contributed by atoms with Gasteiger partial charge in [-0.05, 0) is 43.6 Å². The minimum absolute atomic E-state index is 0.0147. The number of thioether (sulfide) groups is 1. The van der Waals surface area contributed by atoms with Crippen LogP contribution in [-0.4, -0.2) is 78.8 Å². The molecule has 15 nitrogen and oxygen atoms in total. The second kappa shape index (κ2) is 18.6. The number of nitrogens with zero attached hydrogens (tertiary/aromatic N) is 1. The summed E-state index contributed by atoms with van der Waals surface area (Å²) in [5, 5.41) is 28.3. The second-order valence-electron chi connectivity index (χ2n) is 10.2. The van der Waals surface area contributed by atoms with Crippen molar-refractivity contribution in [2.75, 3.05) is 18.6 Å². The molecule has 1 aromatic rings. The van der Waals surface area contributed by atoms with E-state index in [2.05, 4.69) is 27.8 Å². The number of amides is 3. The number of carbonyl (C=O) groups excluding carboxylic acids is 4. The van der Waals surface area contributed by atoms with Crippen molar-refractivity contribution in [2.24, 2.45) is 11.7 Å². The first kappa shape index (κ1) is 38.0. The van der Waals surface area contributed by atoms with Crippen LogP contribution in [0, 0.1) is 21.4 Å². The highest BCUT2D eigenvalue weighted by molar-refractivity contribution is 8.08. The normalized spacial score (nSPS) is 13.9. The van der Waals surface area contributed by atoms with E-state index in [4.69, 9.17) is 11.1 Å². The summed E-state index contributed by atoms with van der Waals surface area (Å²) in [4.78, 5) is 63.6. The molecular formula is C27H41N7O8S2. The number of nitrogens with one attached hydrogen (secondary N) is 5. The van der Waals surface area contributed by atoms with E-state index in [1.807, 2.05) is 0 Å². The lowest BCUT2D eigenvalue weighted by molar-refractivity contribution is -0.513. The summed E-state index contributed by atoms with van der Waals surface area (Å²) in [7, 11) is -4.37. The molecule has 1 unspecified atom stereocenters. The van der Waals surface area contributed by atoms with E-state index >= 15 is 0 Å². The summed E-state index contributed by atoms with van der Waals surface area (Å²) in [5.41, 5.74) is 5.42. The van der Waals surface area contributed by atoms with Crippen LogP contribution in [0.4, 0.5) is 0 Å². The van der Waals surface area contributed by atoms with Crippen molar-refractivity contribution >= 4 is 50.4 Å². The minimum Gasteiger partial charge on any atom is -0.370 e. The van der Waals surface area contributed by atoms with Gasteiger partial charge in [0, 0.05) is 22.4 Å². The number of nitro groups is 1. The monoisotopic (exact) mass is 655 g/mol. The molecule has 17 heteroatoms. The first-order valence-corrected chi connectivity index (χ1v) is 16.7. The van der Waals surface area contributed by atoms with E-state index in [1.165, 1.54) is 23.9 Å². The van der Waals surface area contributed by atoms with Gasteiger partial charge in [-0.2, -0.15) is 11.8 Å². The van der Waals surface area contributed by atoms with Gasteiger partial charge in [-0.1, -0.05) is 50.8 Å². The summed E-state index contributed by atoms with van der Waals surface area (Å²) in [6.07, 6.45) is 1.98. The zero-order valence-corrected chi connectivity index (χ0v) is 26.5. The van der Waals surface area contributed by atoms with Crippen LogP contribution in [0.2, 0.25) is 0 Å². The highest BCUT2D eigenvalue weighted by Gasteiger charge is 2.36. The number of benzene rings is 1. The van der Waals surface area contributed by atoms with Gasteiger partial charge < -0.3 is 27.0 Å². The molecule has 0 saturated carbocycles. The third kappa shape index (κ3) is 12.7.